The Kier molecular flexibility index (Phi) is 5.78. The molecule has 0 radical (unpaired) electrons. The highest BCUT2D eigenvalue weighted by atomic mass is 16.5. The molecule has 0 saturated heterocycles. The minimum Gasteiger partial charge on any atom is -0.493 e. The number of amidine groups is 1. The van der Waals surface area contributed by atoms with E-state index in [1.807, 2.05) is 12.1 Å². The van der Waals surface area contributed by atoms with Crippen molar-refractivity contribution in [1.29, 1.82) is 0 Å². The molecule has 0 spiro atoms. The van der Waals surface area contributed by atoms with Crippen LogP contribution in [0.15, 0.2) is 65.7 Å². The maximum absolute atomic E-state index is 5.49. The van der Waals surface area contributed by atoms with Crippen molar-refractivity contribution >= 4 is 17.6 Å². The molecule has 0 unspecified atom stereocenters. The highest BCUT2D eigenvalue weighted by Crippen LogP contribution is 2.38. The Hall–Kier alpha value is -3.73. The van der Waals surface area contributed by atoms with E-state index in [2.05, 4.69) is 59.5 Å². The molecule has 5 heteroatoms. The molecule has 2 aliphatic heterocycles. The quantitative estimate of drug-likeness (QED) is 0.514. The second-order valence-corrected chi connectivity index (χ2v) is 8.20. The van der Waals surface area contributed by atoms with Crippen LogP contribution in [0.5, 0.6) is 17.2 Å². The Morgan fingerprint density at radius 2 is 1.52 bits per heavy atom. The number of ether oxygens (including phenoxy) is 3. The van der Waals surface area contributed by atoms with Crippen LogP contribution in [0.25, 0.3) is 11.8 Å². The summed E-state index contributed by atoms with van der Waals surface area (Å²) in [5.74, 6) is 3.10. The number of methoxy groups -OCH3 is 3. The van der Waals surface area contributed by atoms with Gasteiger partial charge >= 0.3 is 0 Å². The van der Waals surface area contributed by atoms with Crippen molar-refractivity contribution in [2.45, 2.75) is 12.8 Å². The number of aliphatic imine (C=N–C) groups is 1. The number of benzene rings is 3. The first-order valence-corrected chi connectivity index (χ1v) is 11.2. The summed E-state index contributed by atoms with van der Waals surface area (Å²) in [5.41, 5.74) is 7.34. The second kappa shape index (κ2) is 9.02. The third-order valence-electron chi connectivity index (χ3n) is 6.30. The molecule has 0 aliphatic carbocycles. The normalized spacial score (nSPS) is 14.2. The maximum atomic E-state index is 5.49. The standard InChI is InChI=1S/C28H28N2O3/c1-31-25-16-20(17-26(32-2)27(25)33-3)9-8-19-10-12-21(13-11-19)24-18-22-6-4-5-7-23(22)28-29-14-15-30(24)28/h4-7,10-13,16-18H,8-9,14-15H2,1-3H3. The van der Waals surface area contributed by atoms with Crippen LogP contribution < -0.4 is 14.2 Å². The molecule has 5 rings (SSSR count). The molecule has 3 aromatic carbocycles. The van der Waals surface area contributed by atoms with Crippen molar-refractivity contribution in [3.63, 3.8) is 0 Å². The molecule has 2 aliphatic rings. The summed E-state index contributed by atoms with van der Waals surface area (Å²) in [5, 5.41) is 0. The van der Waals surface area contributed by atoms with Crippen molar-refractivity contribution < 1.29 is 14.2 Å². The Bertz CT molecular complexity index is 1200. The van der Waals surface area contributed by atoms with Crippen LogP contribution in [0.2, 0.25) is 0 Å². The average molecular weight is 441 g/mol. The SMILES string of the molecule is COc1cc(CCc2ccc(C3=Cc4ccccc4C4=NCCN34)cc2)cc(OC)c1OC. The zero-order chi connectivity index (χ0) is 22.8. The Morgan fingerprint density at radius 1 is 0.818 bits per heavy atom. The molecule has 0 aromatic heterocycles. The van der Waals surface area contributed by atoms with Gasteiger partial charge in [0.1, 0.15) is 5.84 Å². The maximum Gasteiger partial charge on any atom is 0.203 e. The van der Waals surface area contributed by atoms with E-state index in [9.17, 15) is 0 Å². The molecule has 0 fully saturated rings. The van der Waals surface area contributed by atoms with E-state index < -0.39 is 0 Å². The van der Waals surface area contributed by atoms with Gasteiger partial charge in [0.2, 0.25) is 5.75 Å². The van der Waals surface area contributed by atoms with E-state index >= 15 is 0 Å². The van der Waals surface area contributed by atoms with E-state index in [1.165, 1.54) is 28.0 Å². The van der Waals surface area contributed by atoms with Gasteiger partial charge in [0.25, 0.3) is 0 Å². The topological polar surface area (TPSA) is 43.3 Å². The molecule has 33 heavy (non-hydrogen) atoms. The fraction of sp³-hybridized carbons (Fsp3) is 0.250. The molecule has 0 bridgehead atoms. The van der Waals surface area contributed by atoms with Crippen LogP contribution >= 0.6 is 0 Å². The first-order chi connectivity index (χ1) is 16.2. The van der Waals surface area contributed by atoms with Gasteiger partial charge in [-0.15, -0.1) is 0 Å². The lowest BCUT2D eigenvalue weighted by molar-refractivity contribution is 0.324. The van der Waals surface area contributed by atoms with Crippen LogP contribution in [-0.2, 0) is 12.8 Å². The molecule has 0 amide bonds. The minimum absolute atomic E-state index is 0.625. The van der Waals surface area contributed by atoms with Crippen molar-refractivity contribution in [2.75, 3.05) is 34.4 Å². The zero-order valence-corrected chi connectivity index (χ0v) is 19.3. The molecule has 0 atom stereocenters. The van der Waals surface area contributed by atoms with Gasteiger partial charge in [-0.25, -0.2) is 0 Å². The molecular weight excluding hydrogens is 412 g/mol. The highest BCUT2D eigenvalue weighted by molar-refractivity contribution is 6.12. The first kappa shape index (κ1) is 21.1. The van der Waals surface area contributed by atoms with Gasteiger partial charge in [-0.2, -0.15) is 0 Å². The van der Waals surface area contributed by atoms with Crippen LogP contribution in [0.4, 0.5) is 0 Å². The van der Waals surface area contributed by atoms with E-state index in [0.29, 0.717) is 17.2 Å². The van der Waals surface area contributed by atoms with Crippen molar-refractivity contribution in [3.8, 4) is 17.2 Å². The Labute approximate surface area is 194 Å². The largest absolute Gasteiger partial charge is 0.493 e. The summed E-state index contributed by atoms with van der Waals surface area (Å²) < 4.78 is 16.4. The lowest BCUT2D eigenvalue weighted by Crippen LogP contribution is -2.30. The average Bonchev–Trinajstić information content (AvgIpc) is 3.37. The van der Waals surface area contributed by atoms with E-state index in [4.69, 9.17) is 19.2 Å². The van der Waals surface area contributed by atoms with Gasteiger partial charge in [-0.3, -0.25) is 4.99 Å². The summed E-state index contributed by atoms with van der Waals surface area (Å²) >= 11 is 0. The third kappa shape index (κ3) is 3.95. The smallest absolute Gasteiger partial charge is 0.203 e. The molecule has 5 nitrogen and oxygen atoms in total. The van der Waals surface area contributed by atoms with E-state index in [-0.39, 0.29) is 0 Å². The lowest BCUT2D eigenvalue weighted by Gasteiger charge is -2.29. The molecule has 3 aromatic rings. The predicted molar refractivity (Wildman–Crippen MR) is 132 cm³/mol. The van der Waals surface area contributed by atoms with Crippen molar-refractivity contribution in [2.24, 2.45) is 4.99 Å². The van der Waals surface area contributed by atoms with Crippen LogP contribution in [0.1, 0.15) is 27.8 Å². The lowest BCUT2D eigenvalue weighted by atomic mass is 9.96. The van der Waals surface area contributed by atoms with Crippen molar-refractivity contribution in [1.82, 2.24) is 4.90 Å². The molecular formula is C28H28N2O3. The number of fused-ring (bicyclic) bond motifs is 3. The highest BCUT2D eigenvalue weighted by Gasteiger charge is 2.28. The van der Waals surface area contributed by atoms with Gasteiger partial charge in [-0.05, 0) is 53.3 Å². The zero-order valence-electron chi connectivity index (χ0n) is 19.3. The Balaban J connectivity index is 1.35. The monoisotopic (exact) mass is 440 g/mol. The molecule has 0 saturated carbocycles. The predicted octanol–water partition coefficient (Wildman–Crippen LogP) is 5.07. The van der Waals surface area contributed by atoms with Gasteiger partial charge in [0, 0.05) is 12.1 Å². The minimum atomic E-state index is 0.625. The number of aryl methyl sites for hydroxylation is 2. The summed E-state index contributed by atoms with van der Waals surface area (Å²) in [6.45, 7) is 1.77. The van der Waals surface area contributed by atoms with Crippen LogP contribution in [0, 0.1) is 0 Å². The molecule has 0 N–H and O–H groups in total. The second-order valence-electron chi connectivity index (χ2n) is 8.20. The van der Waals surface area contributed by atoms with E-state index in [0.717, 1.165) is 37.3 Å². The summed E-state index contributed by atoms with van der Waals surface area (Å²) in [6, 6.07) is 21.4. The van der Waals surface area contributed by atoms with Gasteiger partial charge < -0.3 is 19.1 Å². The summed E-state index contributed by atoms with van der Waals surface area (Å²) in [6.07, 6.45) is 4.09. The first-order valence-electron chi connectivity index (χ1n) is 11.2. The van der Waals surface area contributed by atoms with Crippen LogP contribution in [-0.4, -0.2) is 45.2 Å². The third-order valence-corrected chi connectivity index (χ3v) is 6.30. The fourth-order valence-corrected chi connectivity index (χ4v) is 4.61. The van der Waals surface area contributed by atoms with E-state index in [1.54, 1.807) is 21.3 Å². The number of hydrogen-bond donors (Lipinski definition) is 0. The van der Waals surface area contributed by atoms with Crippen LogP contribution in [0.3, 0.4) is 0 Å². The summed E-state index contributed by atoms with van der Waals surface area (Å²) in [7, 11) is 4.92. The number of rotatable bonds is 7. The van der Waals surface area contributed by atoms with Gasteiger partial charge in [0.15, 0.2) is 11.5 Å². The molecule has 168 valence electrons. The fourth-order valence-electron chi connectivity index (χ4n) is 4.61. The van der Waals surface area contributed by atoms with Gasteiger partial charge in [-0.1, -0.05) is 48.5 Å². The summed E-state index contributed by atoms with van der Waals surface area (Å²) in [4.78, 5) is 7.11. The van der Waals surface area contributed by atoms with Crippen molar-refractivity contribution in [3.05, 3.63) is 88.5 Å². The Morgan fingerprint density at radius 3 is 2.21 bits per heavy atom. The number of hydrogen-bond acceptors (Lipinski definition) is 5. The molecule has 2 heterocycles. The van der Waals surface area contributed by atoms with Gasteiger partial charge in [0.05, 0.1) is 33.6 Å². The number of nitrogens with zero attached hydrogens (tertiary/aromatic N) is 2.